The van der Waals surface area contributed by atoms with Crippen molar-refractivity contribution < 1.29 is 4.79 Å². The quantitative estimate of drug-likeness (QED) is 0.618. The zero-order valence-corrected chi connectivity index (χ0v) is 17.4. The number of anilines is 2. The van der Waals surface area contributed by atoms with Gasteiger partial charge in [-0.15, -0.1) is 0 Å². The van der Waals surface area contributed by atoms with Crippen LogP contribution in [0.5, 0.6) is 0 Å². The number of hydrogen-bond acceptors (Lipinski definition) is 4. The SMILES string of the molecule is Cc1nc2c(cnn2C(C)C)cc1C(=O)Nc1ccc(NC2CCCCC2)cc1. The molecule has 6 nitrogen and oxygen atoms in total. The Morgan fingerprint density at radius 1 is 1.10 bits per heavy atom. The lowest BCUT2D eigenvalue weighted by molar-refractivity contribution is 0.102. The van der Waals surface area contributed by atoms with Crippen LogP contribution < -0.4 is 10.6 Å². The molecule has 0 unspecified atom stereocenters. The van der Waals surface area contributed by atoms with Crippen LogP contribution in [0, 0.1) is 6.92 Å². The smallest absolute Gasteiger partial charge is 0.257 e. The van der Waals surface area contributed by atoms with Gasteiger partial charge in [0.15, 0.2) is 5.65 Å². The standard InChI is InChI=1S/C23H29N5O/c1-15(2)28-22-17(14-24-28)13-21(16(3)25-22)23(29)27-20-11-9-19(10-12-20)26-18-7-5-4-6-8-18/h9-15,18,26H,4-8H2,1-3H3,(H,27,29). The summed E-state index contributed by atoms with van der Waals surface area (Å²) in [6.07, 6.45) is 8.20. The number of hydrogen-bond donors (Lipinski definition) is 2. The summed E-state index contributed by atoms with van der Waals surface area (Å²) in [5, 5.41) is 11.9. The molecule has 0 atom stereocenters. The second kappa shape index (κ2) is 8.23. The van der Waals surface area contributed by atoms with Crippen molar-refractivity contribution >= 4 is 28.3 Å². The molecule has 1 aliphatic carbocycles. The van der Waals surface area contributed by atoms with E-state index in [9.17, 15) is 4.79 Å². The van der Waals surface area contributed by atoms with Crippen LogP contribution in [0.2, 0.25) is 0 Å². The summed E-state index contributed by atoms with van der Waals surface area (Å²) in [6.45, 7) is 6.00. The molecule has 1 aliphatic rings. The lowest BCUT2D eigenvalue weighted by Crippen LogP contribution is -2.22. The first kappa shape index (κ1) is 19.4. The number of aryl methyl sites for hydroxylation is 1. The zero-order chi connectivity index (χ0) is 20.4. The van der Waals surface area contributed by atoms with Crippen molar-refractivity contribution in [1.29, 1.82) is 0 Å². The fraction of sp³-hybridized carbons (Fsp3) is 0.435. The Morgan fingerprint density at radius 3 is 2.48 bits per heavy atom. The van der Waals surface area contributed by atoms with Gasteiger partial charge in [0.25, 0.3) is 5.91 Å². The molecular formula is C23H29N5O. The second-order valence-electron chi connectivity index (χ2n) is 8.23. The molecule has 1 saturated carbocycles. The Labute approximate surface area is 171 Å². The fourth-order valence-electron chi connectivity index (χ4n) is 4.00. The molecular weight excluding hydrogens is 362 g/mol. The van der Waals surface area contributed by atoms with Gasteiger partial charge < -0.3 is 10.6 Å². The topological polar surface area (TPSA) is 71.8 Å². The molecule has 2 heterocycles. The van der Waals surface area contributed by atoms with Gasteiger partial charge in [-0.2, -0.15) is 5.10 Å². The van der Waals surface area contributed by atoms with Gasteiger partial charge in [-0.1, -0.05) is 19.3 Å². The molecule has 29 heavy (non-hydrogen) atoms. The van der Waals surface area contributed by atoms with Crippen LogP contribution in [0.15, 0.2) is 36.5 Å². The van der Waals surface area contributed by atoms with E-state index in [0.717, 1.165) is 22.4 Å². The van der Waals surface area contributed by atoms with Crippen LogP contribution in [0.3, 0.4) is 0 Å². The van der Waals surface area contributed by atoms with Gasteiger partial charge >= 0.3 is 0 Å². The van der Waals surface area contributed by atoms with Crippen molar-refractivity contribution in [3.05, 3.63) is 47.8 Å². The third-order valence-corrected chi connectivity index (χ3v) is 5.61. The average molecular weight is 392 g/mol. The van der Waals surface area contributed by atoms with E-state index >= 15 is 0 Å². The van der Waals surface area contributed by atoms with Gasteiger partial charge in [0.05, 0.1) is 17.5 Å². The van der Waals surface area contributed by atoms with E-state index < -0.39 is 0 Å². The minimum atomic E-state index is -0.151. The molecule has 1 aromatic carbocycles. The van der Waals surface area contributed by atoms with Crippen LogP contribution in [0.4, 0.5) is 11.4 Å². The van der Waals surface area contributed by atoms with Crippen LogP contribution in [-0.2, 0) is 0 Å². The number of pyridine rings is 1. The number of nitrogens with zero attached hydrogens (tertiary/aromatic N) is 3. The van der Waals surface area contributed by atoms with Crippen molar-refractivity contribution in [3.8, 4) is 0 Å². The van der Waals surface area contributed by atoms with E-state index in [1.165, 1.54) is 32.1 Å². The minimum absolute atomic E-state index is 0.151. The minimum Gasteiger partial charge on any atom is -0.382 e. The Kier molecular flexibility index (Phi) is 5.51. The zero-order valence-electron chi connectivity index (χ0n) is 17.4. The second-order valence-corrected chi connectivity index (χ2v) is 8.23. The molecule has 0 aliphatic heterocycles. The van der Waals surface area contributed by atoms with Gasteiger partial charge in [-0.3, -0.25) is 4.79 Å². The van der Waals surface area contributed by atoms with E-state index in [-0.39, 0.29) is 11.9 Å². The largest absolute Gasteiger partial charge is 0.382 e. The molecule has 3 aromatic rings. The number of fused-ring (bicyclic) bond motifs is 1. The van der Waals surface area contributed by atoms with Crippen molar-refractivity contribution in [2.24, 2.45) is 0 Å². The van der Waals surface area contributed by atoms with Crippen LogP contribution >= 0.6 is 0 Å². The lowest BCUT2D eigenvalue weighted by Gasteiger charge is -2.23. The third kappa shape index (κ3) is 4.26. The number of aromatic nitrogens is 3. The highest BCUT2D eigenvalue weighted by Crippen LogP contribution is 2.24. The normalized spacial score (nSPS) is 15.0. The van der Waals surface area contributed by atoms with E-state index in [1.807, 2.05) is 41.9 Å². The van der Waals surface area contributed by atoms with Gasteiger partial charge in [-0.25, -0.2) is 9.67 Å². The van der Waals surface area contributed by atoms with Crippen molar-refractivity contribution in [3.63, 3.8) is 0 Å². The lowest BCUT2D eigenvalue weighted by atomic mass is 9.95. The number of rotatable bonds is 5. The Morgan fingerprint density at radius 2 is 1.79 bits per heavy atom. The molecule has 152 valence electrons. The highest BCUT2D eigenvalue weighted by Gasteiger charge is 2.16. The summed E-state index contributed by atoms with van der Waals surface area (Å²) in [6, 6.07) is 10.6. The average Bonchev–Trinajstić information content (AvgIpc) is 3.12. The Balaban J connectivity index is 1.46. The molecule has 1 amide bonds. The molecule has 1 fully saturated rings. The highest BCUT2D eigenvalue weighted by molar-refractivity contribution is 6.06. The van der Waals surface area contributed by atoms with Gasteiger partial charge in [-0.05, 0) is 63.9 Å². The predicted molar refractivity (Wildman–Crippen MR) is 118 cm³/mol. The Hall–Kier alpha value is -2.89. The van der Waals surface area contributed by atoms with Gasteiger partial charge in [0.1, 0.15) is 0 Å². The maximum atomic E-state index is 12.8. The predicted octanol–water partition coefficient (Wildman–Crippen LogP) is 5.32. The van der Waals surface area contributed by atoms with Crippen LogP contribution in [0.1, 0.15) is 68.0 Å². The van der Waals surface area contributed by atoms with Crippen molar-refractivity contribution in [2.75, 3.05) is 10.6 Å². The molecule has 6 heteroatoms. The monoisotopic (exact) mass is 391 g/mol. The summed E-state index contributed by atoms with van der Waals surface area (Å²) in [7, 11) is 0. The van der Waals surface area contributed by atoms with Crippen LogP contribution in [0.25, 0.3) is 11.0 Å². The first-order valence-electron chi connectivity index (χ1n) is 10.5. The van der Waals surface area contributed by atoms with E-state index in [0.29, 0.717) is 17.3 Å². The first-order valence-corrected chi connectivity index (χ1v) is 10.5. The maximum Gasteiger partial charge on any atom is 0.257 e. The molecule has 2 aromatic heterocycles. The third-order valence-electron chi connectivity index (χ3n) is 5.61. The molecule has 0 bridgehead atoms. The van der Waals surface area contributed by atoms with Crippen molar-refractivity contribution in [1.82, 2.24) is 14.8 Å². The molecule has 0 saturated heterocycles. The summed E-state index contributed by atoms with van der Waals surface area (Å²) in [5.74, 6) is -0.151. The summed E-state index contributed by atoms with van der Waals surface area (Å²) in [4.78, 5) is 17.5. The van der Waals surface area contributed by atoms with Gasteiger partial charge in [0, 0.05) is 28.8 Å². The fourth-order valence-corrected chi connectivity index (χ4v) is 4.00. The maximum absolute atomic E-state index is 12.8. The number of amides is 1. The molecule has 2 N–H and O–H groups in total. The van der Waals surface area contributed by atoms with E-state index in [2.05, 4.69) is 34.6 Å². The number of nitrogens with one attached hydrogen (secondary N) is 2. The Bertz CT molecular complexity index is 1000. The first-order chi connectivity index (χ1) is 14.0. The summed E-state index contributed by atoms with van der Waals surface area (Å²) >= 11 is 0. The molecule has 0 spiro atoms. The van der Waals surface area contributed by atoms with E-state index in [1.54, 1.807) is 6.20 Å². The van der Waals surface area contributed by atoms with Gasteiger partial charge in [0.2, 0.25) is 0 Å². The van der Waals surface area contributed by atoms with Crippen LogP contribution in [-0.4, -0.2) is 26.7 Å². The molecule has 0 radical (unpaired) electrons. The summed E-state index contributed by atoms with van der Waals surface area (Å²) < 4.78 is 1.88. The number of benzene rings is 1. The highest BCUT2D eigenvalue weighted by atomic mass is 16.1. The summed E-state index contributed by atoms with van der Waals surface area (Å²) in [5.41, 5.74) is 3.97. The number of carbonyl (C=O) groups excluding carboxylic acids is 1. The molecule has 4 rings (SSSR count). The van der Waals surface area contributed by atoms with Crippen molar-refractivity contribution in [2.45, 2.75) is 65.0 Å². The van der Waals surface area contributed by atoms with E-state index in [4.69, 9.17) is 0 Å². The number of carbonyl (C=O) groups is 1.